The zero-order valence-corrected chi connectivity index (χ0v) is 12.4. The highest BCUT2D eigenvalue weighted by molar-refractivity contribution is 6.17. The van der Waals surface area contributed by atoms with Gasteiger partial charge in [0.25, 0.3) is 5.91 Å². The van der Waals surface area contributed by atoms with Crippen molar-refractivity contribution in [2.24, 2.45) is 0 Å². The van der Waals surface area contributed by atoms with E-state index < -0.39 is 0 Å². The zero-order chi connectivity index (χ0) is 13.8. The number of benzene rings is 1. The van der Waals surface area contributed by atoms with Crippen LogP contribution >= 0.6 is 11.6 Å². The number of hydrogen-bond donors (Lipinski definition) is 1. The molecule has 0 saturated heterocycles. The lowest BCUT2D eigenvalue weighted by molar-refractivity contribution is 0.0901. The maximum atomic E-state index is 12.3. The van der Waals surface area contributed by atoms with Gasteiger partial charge in [-0.1, -0.05) is 24.6 Å². The number of carbonyl (C=O) groups is 1. The molecule has 18 heavy (non-hydrogen) atoms. The van der Waals surface area contributed by atoms with Crippen molar-refractivity contribution >= 4 is 17.5 Å². The Morgan fingerprint density at radius 3 is 2.56 bits per heavy atom. The third-order valence-electron chi connectivity index (χ3n) is 3.47. The minimum Gasteiger partial charge on any atom is -0.347 e. The maximum Gasteiger partial charge on any atom is 0.251 e. The fourth-order valence-electron chi connectivity index (χ4n) is 1.95. The fraction of sp³-hybridized carbons (Fsp3) is 0.533. The highest BCUT2D eigenvalue weighted by atomic mass is 35.5. The van der Waals surface area contributed by atoms with Gasteiger partial charge >= 0.3 is 0 Å². The number of amides is 1. The normalized spacial score (nSPS) is 14.1. The van der Waals surface area contributed by atoms with Gasteiger partial charge in [-0.05, 0) is 45.2 Å². The number of hydrogen-bond acceptors (Lipinski definition) is 1. The summed E-state index contributed by atoms with van der Waals surface area (Å²) in [7, 11) is 0. The Kier molecular flexibility index (Phi) is 5.21. The Morgan fingerprint density at radius 2 is 2.06 bits per heavy atom. The second kappa shape index (κ2) is 6.24. The monoisotopic (exact) mass is 267 g/mol. The topological polar surface area (TPSA) is 29.1 Å². The number of halogens is 1. The van der Waals surface area contributed by atoms with Gasteiger partial charge in [-0.15, -0.1) is 11.6 Å². The van der Waals surface area contributed by atoms with Crippen LogP contribution in [-0.2, 0) is 0 Å². The lowest BCUT2D eigenvalue weighted by Gasteiger charge is -2.29. The van der Waals surface area contributed by atoms with Crippen LogP contribution in [0, 0.1) is 13.8 Å². The van der Waals surface area contributed by atoms with Crippen molar-refractivity contribution in [3.05, 3.63) is 34.9 Å². The second-order valence-corrected chi connectivity index (χ2v) is 5.50. The van der Waals surface area contributed by atoms with Gasteiger partial charge in [-0.2, -0.15) is 0 Å². The summed E-state index contributed by atoms with van der Waals surface area (Å²) in [4.78, 5) is 12.3. The standard InChI is InChI=1S/C15H22ClNO/c1-5-15(4,8-9-16)17-14(18)13-7-6-11(2)10-12(13)3/h6-7,10H,5,8-9H2,1-4H3,(H,17,18). The van der Waals surface area contributed by atoms with E-state index in [0.29, 0.717) is 5.88 Å². The van der Waals surface area contributed by atoms with Gasteiger partial charge in [0.1, 0.15) is 0 Å². The minimum absolute atomic E-state index is 0.0121. The van der Waals surface area contributed by atoms with Crippen LogP contribution in [0.5, 0.6) is 0 Å². The number of alkyl halides is 1. The van der Waals surface area contributed by atoms with Gasteiger partial charge in [-0.25, -0.2) is 0 Å². The summed E-state index contributed by atoms with van der Waals surface area (Å²) in [5.74, 6) is 0.541. The molecule has 1 unspecified atom stereocenters. The molecule has 1 atom stereocenters. The second-order valence-electron chi connectivity index (χ2n) is 5.13. The Bertz CT molecular complexity index is 431. The zero-order valence-electron chi connectivity index (χ0n) is 11.6. The quantitative estimate of drug-likeness (QED) is 0.807. The van der Waals surface area contributed by atoms with Crippen LogP contribution in [0.1, 0.15) is 48.2 Å². The molecule has 0 saturated carbocycles. The van der Waals surface area contributed by atoms with Crippen LogP contribution in [0.2, 0.25) is 0 Å². The first-order valence-corrected chi connectivity index (χ1v) is 6.91. The number of carbonyl (C=O) groups excluding carboxylic acids is 1. The summed E-state index contributed by atoms with van der Waals surface area (Å²) in [6.45, 7) is 8.09. The van der Waals surface area contributed by atoms with Crippen molar-refractivity contribution in [3.8, 4) is 0 Å². The van der Waals surface area contributed by atoms with E-state index in [-0.39, 0.29) is 11.4 Å². The summed E-state index contributed by atoms with van der Waals surface area (Å²) in [5.41, 5.74) is 2.70. The van der Waals surface area contributed by atoms with E-state index in [1.807, 2.05) is 39.0 Å². The molecular weight excluding hydrogens is 246 g/mol. The van der Waals surface area contributed by atoms with E-state index >= 15 is 0 Å². The Labute approximate surface area is 115 Å². The molecule has 1 aromatic carbocycles. The molecule has 1 aromatic rings. The molecule has 0 spiro atoms. The van der Waals surface area contributed by atoms with Crippen LogP contribution in [0.4, 0.5) is 0 Å². The molecule has 0 aliphatic carbocycles. The van der Waals surface area contributed by atoms with E-state index in [4.69, 9.17) is 11.6 Å². The Morgan fingerprint density at radius 1 is 1.39 bits per heavy atom. The molecule has 0 aliphatic rings. The molecule has 2 nitrogen and oxygen atoms in total. The summed E-state index contributed by atoms with van der Waals surface area (Å²) in [6, 6.07) is 5.88. The van der Waals surface area contributed by atoms with Crippen molar-refractivity contribution in [1.82, 2.24) is 5.32 Å². The third kappa shape index (κ3) is 3.74. The first-order chi connectivity index (χ1) is 8.41. The third-order valence-corrected chi connectivity index (χ3v) is 3.66. The van der Waals surface area contributed by atoms with Crippen LogP contribution in [0.3, 0.4) is 0 Å². The van der Waals surface area contributed by atoms with E-state index in [9.17, 15) is 4.79 Å². The van der Waals surface area contributed by atoms with Crippen LogP contribution in [-0.4, -0.2) is 17.3 Å². The van der Waals surface area contributed by atoms with Crippen molar-refractivity contribution < 1.29 is 4.79 Å². The van der Waals surface area contributed by atoms with E-state index in [1.54, 1.807) is 0 Å². The summed E-state index contributed by atoms with van der Waals surface area (Å²) < 4.78 is 0. The molecule has 0 radical (unpaired) electrons. The number of rotatable bonds is 5. The van der Waals surface area contributed by atoms with Crippen LogP contribution in [0.15, 0.2) is 18.2 Å². The lowest BCUT2D eigenvalue weighted by Crippen LogP contribution is -2.46. The first-order valence-electron chi connectivity index (χ1n) is 6.37. The van der Waals surface area contributed by atoms with Gasteiger partial charge in [0.2, 0.25) is 0 Å². The molecule has 1 amide bonds. The first kappa shape index (κ1) is 15.0. The smallest absolute Gasteiger partial charge is 0.251 e. The maximum absolute atomic E-state index is 12.3. The van der Waals surface area contributed by atoms with E-state index in [0.717, 1.165) is 24.0 Å². The molecule has 3 heteroatoms. The molecule has 100 valence electrons. The highest BCUT2D eigenvalue weighted by Crippen LogP contribution is 2.18. The number of nitrogens with one attached hydrogen (secondary N) is 1. The SMILES string of the molecule is CCC(C)(CCCl)NC(=O)c1ccc(C)cc1C. The summed E-state index contributed by atoms with van der Waals surface area (Å²) >= 11 is 5.79. The van der Waals surface area contributed by atoms with Crippen molar-refractivity contribution in [3.63, 3.8) is 0 Å². The van der Waals surface area contributed by atoms with Crippen molar-refractivity contribution in [2.75, 3.05) is 5.88 Å². The predicted molar refractivity (Wildman–Crippen MR) is 77.4 cm³/mol. The van der Waals surface area contributed by atoms with Gasteiger partial charge in [0, 0.05) is 17.0 Å². The van der Waals surface area contributed by atoms with Crippen molar-refractivity contribution in [2.45, 2.75) is 46.1 Å². The Balaban J connectivity index is 2.87. The average Bonchev–Trinajstić information content (AvgIpc) is 2.28. The van der Waals surface area contributed by atoms with Crippen LogP contribution < -0.4 is 5.32 Å². The lowest BCUT2D eigenvalue weighted by atomic mass is 9.94. The predicted octanol–water partition coefficient (Wildman–Crippen LogP) is 3.83. The molecule has 0 heterocycles. The number of aryl methyl sites for hydroxylation is 2. The molecule has 1 rings (SSSR count). The molecule has 1 N–H and O–H groups in total. The molecule has 0 fully saturated rings. The molecular formula is C15H22ClNO. The van der Waals surface area contributed by atoms with Gasteiger partial charge in [-0.3, -0.25) is 4.79 Å². The summed E-state index contributed by atoms with van der Waals surface area (Å²) in [5, 5.41) is 3.10. The Hall–Kier alpha value is -1.02. The molecule has 0 aliphatic heterocycles. The van der Waals surface area contributed by atoms with Crippen LogP contribution in [0.25, 0.3) is 0 Å². The molecule has 0 aromatic heterocycles. The minimum atomic E-state index is -0.226. The molecule has 0 bridgehead atoms. The highest BCUT2D eigenvalue weighted by Gasteiger charge is 2.24. The van der Waals surface area contributed by atoms with Gasteiger partial charge < -0.3 is 5.32 Å². The van der Waals surface area contributed by atoms with Gasteiger partial charge in [0.15, 0.2) is 0 Å². The largest absolute Gasteiger partial charge is 0.347 e. The van der Waals surface area contributed by atoms with E-state index in [2.05, 4.69) is 12.2 Å². The van der Waals surface area contributed by atoms with E-state index in [1.165, 1.54) is 5.56 Å². The van der Waals surface area contributed by atoms with Gasteiger partial charge in [0.05, 0.1) is 0 Å². The van der Waals surface area contributed by atoms with Crippen molar-refractivity contribution in [1.29, 1.82) is 0 Å². The average molecular weight is 268 g/mol. The summed E-state index contributed by atoms with van der Waals surface area (Å²) in [6.07, 6.45) is 1.65. The fourth-order valence-corrected chi connectivity index (χ4v) is 2.36.